The molecule has 0 amide bonds. The first-order chi connectivity index (χ1) is 9.29. The van der Waals surface area contributed by atoms with Crippen molar-refractivity contribution in [3.63, 3.8) is 0 Å². The van der Waals surface area contributed by atoms with Crippen LogP contribution in [0.2, 0.25) is 0 Å². The fourth-order valence-corrected chi connectivity index (χ4v) is 2.90. The molecule has 1 unspecified atom stereocenters. The molecule has 98 valence electrons. The Kier molecular flexibility index (Phi) is 3.31. The Morgan fingerprint density at radius 2 is 2.21 bits per heavy atom. The van der Waals surface area contributed by atoms with Crippen molar-refractivity contribution in [3.05, 3.63) is 46.7 Å². The number of aromatic nitrogens is 3. The van der Waals surface area contributed by atoms with Crippen LogP contribution in [-0.4, -0.2) is 19.6 Å². The molecule has 1 N–H and O–H groups in total. The molecule has 19 heavy (non-hydrogen) atoms. The van der Waals surface area contributed by atoms with Gasteiger partial charge in [-0.3, -0.25) is 4.98 Å². The molecule has 0 radical (unpaired) electrons. The lowest BCUT2D eigenvalue weighted by Gasteiger charge is -2.09. The summed E-state index contributed by atoms with van der Waals surface area (Å²) < 4.78 is 2.15. The molecule has 0 aliphatic rings. The molecule has 4 nitrogen and oxygen atoms in total. The normalized spacial score (nSPS) is 12.9. The third kappa shape index (κ3) is 2.27. The molecule has 0 aliphatic heterocycles. The minimum atomic E-state index is -0.533. The number of hydrogen-bond acceptors (Lipinski definition) is 4. The number of aliphatic hydroxyl groups excluding tert-OH is 1. The minimum Gasteiger partial charge on any atom is -0.387 e. The van der Waals surface area contributed by atoms with Gasteiger partial charge in [-0.25, -0.2) is 4.98 Å². The van der Waals surface area contributed by atoms with Gasteiger partial charge in [-0.05, 0) is 19.1 Å². The zero-order valence-corrected chi connectivity index (χ0v) is 11.5. The average molecular weight is 273 g/mol. The predicted molar refractivity (Wildman–Crippen MR) is 76.2 cm³/mol. The molecule has 0 spiro atoms. The van der Waals surface area contributed by atoms with E-state index >= 15 is 0 Å². The molecule has 3 rings (SSSR count). The summed E-state index contributed by atoms with van der Waals surface area (Å²) in [5.41, 5.74) is 3.84. The number of hydrogen-bond donors (Lipinski definition) is 1. The number of fused-ring (bicyclic) bond motifs is 1. The fourth-order valence-electron chi connectivity index (χ4n) is 2.30. The highest BCUT2D eigenvalue weighted by molar-refractivity contribution is 7.09. The van der Waals surface area contributed by atoms with Gasteiger partial charge in [-0.15, -0.1) is 11.3 Å². The molecule has 0 bridgehead atoms. The maximum atomic E-state index is 10.2. The van der Waals surface area contributed by atoms with Crippen molar-refractivity contribution in [2.45, 2.75) is 26.0 Å². The van der Waals surface area contributed by atoms with E-state index in [1.165, 1.54) is 11.3 Å². The van der Waals surface area contributed by atoms with Crippen molar-refractivity contribution < 1.29 is 5.11 Å². The lowest BCUT2D eigenvalue weighted by molar-refractivity contribution is 0.178. The van der Waals surface area contributed by atoms with Crippen LogP contribution >= 0.6 is 11.3 Å². The van der Waals surface area contributed by atoms with Crippen LogP contribution in [-0.2, 0) is 13.0 Å². The quantitative estimate of drug-likeness (QED) is 0.795. The highest BCUT2D eigenvalue weighted by atomic mass is 32.1. The van der Waals surface area contributed by atoms with Crippen molar-refractivity contribution >= 4 is 22.4 Å². The SMILES string of the molecule is CCn1c(CC(O)c2cncs2)nc2ccccc21. The van der Waals surface area contributed by atoms with Crippen molar-refractivity contribution in [3.8, 4) is 0 Å². The monoisotopic (exact) mass is 273 g/mol. The lowest BCUT2D eigenvalue weighted by Crippen LogP contribution is -2.07. The summed E-state index contributed by atoms with van der Waals surface area (Å²) >= 11 is 1.47. The topological polar surface area (TPSA) is 50.9 Å². The fraction of sp³-hybridized carbons (Fsp3) is 0.286. The van der Waals surface area contributed by atoms with Crippen molar-refractivity contribution in [1.29, 1.82) is 0 Å². The number of para-hydroxylation sites is 2. The van der Waals surface area contributed by atoms with E-state index < -0.39 is 6.10 Å². The van der Waals surface area contributed by atoms with E-state index in [0.29, 0.717) is 6.42 Å². The summed E-state index contributed by atoms with van der Waals surface area (Å²) in [6, 6.07) is 8.07. The van der Waals surface area contributed by atoms with Crippen LogP contribution in [0, 0.1) is 0 Å². The number of nitrogens with zero attached hydrogens (tertiary/aromatic N) is 3. The first-order valence-corrected chi connectivity index (χ1v) is 7.18. The largest absolute Gasteiger partial charge is 0.387 e. The third-order valence-corrected chi connectivity index (χ3v) is 4.08. The second kappa shape index (κ2) is 5.11. The number of benzene rings is 1. The van der Waals surface area contributed by atoms with E-state index in [1.807, 2.05) is 18.2 Å². The highest BCUT2D eigenvalue weighted by Gasteiger charge is 2.16. The molecule has 0 aliphatic carbocycles. The smallest absolute Gasteiger partial charge is 0.112 e. The van der Waals surface area contributed by atoms with Gasteiger partial charge >= 0.3 is 0 Å². The van der Waals surface area contributed by atoms with Gasteiger partial charge < -0.3 is 9.67 Å². The highest BCUT2D eigenvalue weighted by Crippen LogP contribution is 2.23. The molecule has 3 aromatic rings. The standard InChI is InChI=1S/C14H15N3OS/c1-2-17-11-6-4-3-5-10(11)16-14(17)7-12(18)13-8-15-9-19-13/h3-6,8-9,12,18H,2,7H2,1H3. The maximum absolute atomic E-state index is 10.2. The van der Waals surface area contributed by atoms with E-state index in [0.717, 1.165) is 28.3 Å². The maximum Gasteiger partial charge on any atom is 0.112 e. The Morgan fingerprint density at radius 1 is 1.37 bits per heavy atom. The Bertz CT molecular complexity index is 675. The Hall–Kier alpha value is -1.72. The van der Waals surface area contributed by atoms with Gasteiger partial charge in [0.2, 0.25) is 0 Å². The molecule has 0 fully saturated rings. The zero-order valence-electron chi connectivity index (χ0n) is 10.7. The Balaban J connectivity index is 1.96. The van der Waals surface area contributed by atoms with Gasteiger partial charge in [-0.1, -0.05) is 12.1 Å². The zero-order chi connectivity index (χ0) is 13.2. The summed E-state index contributed by atoms with van der Waals surface area (Å²) in [6.45, 7) is 2.95. The summed E-state index contributed by atoms with van der Waals surface area (Å²) in [6.07, 6.45) is 1.70. The molecule has 0 saturated carbocycles. The second-order valence-electron chi connectivity index (χ2n) is 4.38. The Labute approximate surface area is 115 Å². The number of aliphatic hydroxyl groups is 1. The summed E-state index contributed by atoms with van der Waals surface area (Å²) in [7, 11) is 0. The van der Waals surface area contributed by atoms with Crippen LogP contribution in [0.3, 0.4) is 0 Å². The van der Waals surface area contributed by atoms with Crippen molar-refractivity contribution in [1.82, 2.24) is 14.5 Å². The van der Waals surface area contributed by atoms with E-state index in [-0.39, 0.29) is 0 Å². The third-order valence-electron chi connectivity index (χ3n) is 3.21. The van der Waals surface area contributed by atoms with Crippen LogP contribution < -0.4 is 0 Å². The van der Waals surface area contributed by atoms with Gasteiger partial charge in [-0.2, -0.15) is 0 Å². The van der Waals surface area contributed by atoms with Crippen LogP contribution in [0.4, 0.5) is 0 Å². The molecule has 2 aromatic heterocycles. The molecule has 1 aromatic carbocycles. The van der Waals surface area contributed by atoms with Crippen molar-refractivity contribution in [2.75, 3.05) is 0 Å². The minimum absolute atomic E-state index is 0.519. The number of imidazole rings is 1. The van der Waals surface area contributed by atoms with Crippen molar-refractivity contribution in [2.24, 2.45) is 0 Å². The van der Waals surface area contributed by atoms with Crippen LogP contribution in [0.15, 0.2) is 36.0 Å². The van der Waals surface area contributed by atoms with Gasteiger partial charge in [0.05, 0.1) is 27.5 Å². The predicted octanol–water partition coefficient (Wildman–Crippen LogP) is 2.79. The number of rotatable bonds is 4. The Morgan fingerprint density at radius 3 is 2.95 bits per heavy atom. The molecular formula is C14H15N3OS. The van der Waals surface area contributed by atoms with E-state index in [4.69, 9.17) is 0 Å². The van der Waals surface area contributed by atoms with E-state index in [1.54, 1.807) is 11.7 Å². The summed E-state index contributed by atoms with van der Waals surface area (Å²) in [5, 5.41) is 10.2. The number of aryl methyl sites for hydroxylation is 1. The van der Waals surface area contributed by atoms with Gasteiger partial charge in [0.1, 0.15) is 5.82 Å². The molecule has 5 heteroatoms. The molecule has 1 atom stereocenters. The van der Waals surface area contributed by atoms with Gasteiger partial charge in [0, 0.05) is 19.2 Å². The summed E-state index contributed by atoms with van der Waals surface area (Å²) in [4.78, 5) is 9.51. The average Bonchev–Trinajstić information content (AvgIpc) is 3.05. The second-order valence-corrected chi connectivity index (χ2v) is 5.30. The summed E-state index contributed by atoms with van der Waals surface area (Å²) in [5.74, 6) is 0.921. The van der Waals surface area contributed by atoms with Gasteiger partial charge in [0.15, 0.2) is 0 Å². The van der Waals surface area contributed by atoms with Crippen LogP contribution in [0.1, 0.15) is 23.7 Å². The van der Waals surface area contributed by atoms with Crippen LogP contribution in [0.5, 0.6) is 0 Å². The molecular weight excluding hydrogens is 258 g/mol. The van der Waals surface area contributed by atoms with E-state index in [9.17, 15) is 5.11 Å². The van der Waals surface area contributed by atoms with E-state index in [2.05, 4.69) is 27.5 Å². The first-order valence-electron chi connectivity index (χ1n) is 6.30. The van der Waals surface area contributed by atoms with Gasteiger partial charge in [0.25, 0.3) is 0 Å². The van der Waals surface area contributed by atoms with Crippen LogP contribution in [0.25, 0.3) is 11.0 Å². The molecule has 2 heterocycles. The number of thiazole rings is 1. The first kappa shape index (κ1) is 12.3. The molecule has 0 saturated heterocycles. The lowest BCUT2D eigenvalue weighted by atomic mass is 10.2.